The summed E-state index contributed by atoms with van der Waals surface area (Å²) in [6.07, 6.45) is -0.597. The van der Waals surface area contributed by atoms with Gasteiger partial charge in [-0.25, -0.2) is 0 Å². The fourth-order valence-electron chi connectivity index (χ4n) is 1.04. The maximum absolute atomic E-state index is 9.51. The fraction of sp³-hybridized carbons (Fsp3) is 0.500. The standard InChI is InChI=1S/C8H12ClNO2/c1-5-3-6(8(9)12-5)7(11)4-10-2/h3,7,10-11H,4H2,1-2H3. The lowest BCUT2D eigenvalue weighted by Gasteiger charge is -2.06. The van der Waals surface area contributed by atoms with Gasteiger partial charge in [-0.1, -0.05) is 0 Å². The van der Waals surface area contributed by atoms with Crippen LogP contribution in [-0.2, 0) is 0 Å². The highest BCUT2D eigenvalue weighted by atomic mass is 35.5. The van der Waals surface area contributed by atoms with Gasteiger partial charge in [0.1, 0.15) is 5.76 Å². The van der Waals surface area contributed by atoms with E-state index in [9.17, 15) is 5.11 Å². The van der Waals surface area contributed by atoms with Gasteiger partial charge in [-0.3, -0.25) is 0 Å². The number of aryl methyl sites for hydroxylation is 1. The lowest BCUT2D eigenvalue weighted by molar-refractivity contribution is 0.177. The van der Waals surface area contributed by atoms with Gasteiger partial charge < -0.3 is 14.8 Å². The first-order valence-corrected chi connectivity index (χ1v) is 4.11. The van der Waals surface area contributed by atoms with Gasteiger partial charge in [0.05, 0.1) is 6.10 Å². The second-order valence-electron chi connectivity index (χ2n) is 2.66. The van der Waals surface area contributed by atoms with E-state index in [1.165, 1.54) is 0 Å². The molecule has 0 saturated carbocycles. The average Bonchev–Trinajstić information content (AvgIpc) is 2.30. The quantitative estimate of drug-likeness (QED) is 0.758. The number of nitrogens with one attached hydrogen (secondary N) is 1. The number of hydrogen-bond donors (Lipinski definition) is 2. The van der Waals surface area contributed by atoms with Gasteiger partial charge in [-0.05, 0) is 31.6 Å². The third-order valence-electron chi connectivity index (χ3n) is 1.59. The Labute approximate surface area is 76.3 Å². The highest BCUT2D eigenvalue weighted by molar-refractivity contribution is 6.29. The number of halogens is 1. The molecule has 0 spiro atoms. The van der Waals surface area contributed by atoms with E-state index in [2.05, 4.69) is 5.32 Å². The highest BCUT2D eigenvalue weighted by Gasteiger charge is 2.14. The van der Waals surface area contributed by atoms with Crippen molar-refractivity contribution < 1.29 is 9.52 Å². The third-order valence-corrected chi connectivity index (χ3v) is 1.89. The van der Waals surface area contributed by atoms with E-state index in [1.807, 2.05) is 0 Å². The smallest absolute Gasteiger partial charge is 0.199 e. The molecule has 0 aromatic carbocycles. The van der Waals surface area contributed by atoms with Gasteiger partial charge in [0.25, 0.3) is 0 Å². The van der Waals surface area contributed by atoms with Gasteiger partial charge in [-0.2, -0.15) is 0 Å². The van der Waals surface area contributed by atoms with Crippen molar-refractivity contribution in [3.8, 4) is 0 Å². The first-order chi connectivity index (χ1) is 5.65. The van der Waals surface area contributed by atoms with Crippen LogP contribution in [0, 0.1) is 6.92 Å². The van der Waals surface area contributed by atoms with Crippen molar-refractivity contribution in [2.75, 3.05) is 13.6 Å². The Hall–Kier alpha value is -0.510. The molecule has 0 fully saturated rings. The largest absolute Gasteiger partial charge is 0.450 e. The maximum Gasteiger partial charge on any atom is 0.199 e. The number of furan rings is 1. The molecule has 1 rings (SSSR count). The summed E-state index contributed by atoms with van der Waals surface area (Å²) in [6, 6.07) is 1.74. The van der Waals surface area contributed by atoms with Crippen molar-refractivity contribution in [2.45, 2.75) is 13.0 Å². The molecule has 4 heteroatoms. The SMILES string of the molecule is CNCC(O)c1cc(C)oc1Cl. The average molecular weight is 190 g/mol. The van der Waals surface area contributed by atoms with Gasteiger partial charge in [-0.15, -0.1) is 0 Å². The van der Waals surface area contributed by atoms with Crippen LogP contribution in [0.15, 0.2) is 10.5 Å². The van der Waals surface area contributed by atoms with Crippen molar-refractivity contribution in [3.63, 3.8) is 0 Å². The zero-order valence-corrected chi connectivity index (χ0v) is 7.85. The molecule has 0 aliphatic heterocycles. The van der Waals surface area contributed by atoms with Crippen molar-refractivity contribution in [3.05, 3.63) is 22.6 Å². The Kier molecular flexibility index (Phi) is 3.14. The molecule has 0 bridgehead atoms. The first-order valence-electron chi connectivity index (χ1n) is 3.73. The van der Waals surface area contributed by atoms with Crippen molar-refractivity contribution >= 4 is 11.6 Å². The van der Waals surface area contributed by atoms with E-state index < -0.39 is 6.10 Å². The Morgan fingerprint density at radius 3 is 2.83 bits per heavy atom. The second kappa shape index (κ2) is 3.94. The number of aliphatic hydroxyl groups is 1. The van der Waals surface area contributed by atoms with Gasteiger partial charge in [0.2, 0.25) is 0 Å². The Morgan fingerprint density at radius 1 is 1.75 bits per heavy atom. The Balaban J connectivity index is 2.79. The molecule has 12 heavy (non-hydrogen) atoms. The predicted molar refractivity (Wildman–Crippen MR) is 47.3 cm³/mol. The van der Waals surface area contributed by atoms with Crippen molar-refractivity contribution in [1.29, 1.82) is 0 Å². The van der Waals surface area contributed by atoms with E-state index in [4.69, 9.17) is 16.0 Å². The van der Waals surface area contributed by atoms with E-state index in [0.717, 1.165) is 0 Å². The molecule has 1 heterocycles. The minimum Gasteiger partial charge on any atom is -0.450 e. The molecule has 0 radical (unpaired) electrons. The molecule has 1 atom stereocenters. The predicted octanol–water partition coefficient (Wildman–Crippen LogP) is 1.49. The van der Waals surface area contributed by atoms with Crippen LogP contribution in [0.2, 0.25) is 5.22 Å². The summed E-state index contributed by atoms with van der Waals surface area (Å²) < 4.78 is 5.06. The zero-order chi connectivity index (χ0) is 9.14. The fourth-order valence-corrected chi connectivity index (χ4v) is 1.34. The van der Waals surface area contributed by atoms with Crippen LogP contribution >= 0.6 is 11.6 Å². The topological polar surface area (TPSA) is 45.4 Å². The number of rotatable bonds is 3. The van der Waals surface area contributed by atoms with E-state index >= 15 is 0 Å². The maximum atomic E-state index is 9.51. The first kappa shape index (κ1) is 9.58. The van der Waals surface area contributed by atoms with Crippen LogP contribution in [-0.4, -0.2) is 18.7 Å². The van der Waals surface area contributed by atoms with E-state index in [-0.39, 0.29) is 5.22 Å². The van der Waals surface area contributed by atoms with Crippen molar-refractivity contribution in [1.82, 2.24) is 5.32 Å². The summed E-state index contributed by atoms with van der Waals surface area (Å²) in [4.78, 5) is 0. The molecule has 0 saturated heterocycles. The molecular weight excluding hydrogens is 178 g/mol. The number of likely N-dealkylation sites (N-methyl/N-ethyl adjacent to an activating group) is 1. The summed E-state index contributed by atoms with van der Waals surface area (Å²) in [6.45, 7) is 2.26. The normalized spacial score (nSPS) is 13.3. The molecular formula is C8H12ClNO2. The van der Waals surface area contributed by atoms with Crippen LogP contribution < -0.4 is 5.32 Å². The summed E-state index contributed by atoms with van der Waals surface area (Å²) in [5.41, 5.74) is 0.642. The lowest BCUT2D eigenvalue weighted by atomic mass is 10.2. The second-order valence-corrected chi connectivity index (χ2v) is 3.00. The molecule has 1 aromatic heterocycles. The minimum absolute atomic E-state index is 0.273. The van der Waals surface area contributed by atoms with Crippen LogP contribution in [0.3, 0.4) is 0 Å². The molecule has 1 unspecified atom stereocenters. The molecule has 68 valence electrons. The molecule has 1 aromatic rings. The van der Waals surface area contributed by atoms with E-state index in [1.54, 1.807) is 20.0 Å². The third kappa shape index (κ3) is 2.00. The summed E-state index contributed by atoms with van der Waals surface area (Å²) >= 11 is 5.72. The molecule has 0 amide bonds. The lowest BCUT2D eigenvalue weighted by Crippen LogP contribution is -2.16. The van der Waals surface area contributed by atoms with Crippen LogP contribution in [0.25, 0.3) is 0 Å². The number of hydrogen-bond acceptors (Lipinski definition) is 3. The zero-order valence-electron chi connectivity index (χ0n) is 7.10. The van der Waals surface area contributed by atoms with Gasteiger partial charge >= 0.3 is 0 Å². The van der Waals surface area contributed by atoms with Crippen LogP contribution in [0.1, 0.15) is 17.4 Å². The molecule has 2 N–H and O–H groups in total. The number of aliphatic hydroxyl groups excluding tert-OH is 1. The Bertz CT molecular complexity index is 260. The van der Waals surface area contributed by atoms with Crippen LogP contribution in [0.5, 0.6) is 0 Å². The summed E-state index contributed by atoms with van der Waals surface area (Å²) in [5, 5.41) is 12.6. The summed E-state index contributed by atoms with van der Waals surface area (Å²) in [5.74, 6) is 0.713. The Morgan fingerprint density at radius 2 is 2.42 bits per heavy atom. The molecule has 0 aliphatic carbocycles. The van der Waals surface area contributed by atoms with Crippen molar-refractivity contribution in [2.24, 2.45) is 0 Å². The highest BCUT2D eigenvalue weighted by Crippen LogP contribution is 2.25. The monoisotopic (exact) mass is 189 g/mol. The minimum atomic E-state index is -0.597. The van der Waals surface area contributed by atoms with Gasteiger partial charge in [0.15, 0.2) is 5.22 Å². The molecule has 3 nitrogen and oxygen atoms in total. The van der Waals surface area contributed by atoms with Gasteiger partial charge in [0, 0.05) is 12.1 Å². The van der Waals surface area contributed by atoms with E-state index in [0.29, 0.717) is 17.9 Å². The molecule has 0 aliphatic rings. The van der Waals surface area contributed by atoms with Crippen LogP contribution in [0.4, 0.5) is 0 Å². The summed E-state index contributed by atoms with van der Waals surface area (Å²) in [7, 11) is 1.77.